The maximum absolute atomic E-state index is 13.0. The van der Waals surface area contributed by atoms with E-state index < -0.39 is 0 Å². The zero-order valence-corrected chi connectivity index (χ0v) is 23.7. The van der Waals surface area contributed by atoms with Crippen molar-refractivity contribution in [3.63, 3.8) is 0 Å². The van der Waals surface area contributed by atoms with Crippen LogP contribution in [0.15, 0.2) is 96.1 Å². The Morgan fingerprint density at radius 3 is 2.10 bits per heavy atom. The van der Waals surface area contributed by atoms with Crippen LogP contribution in [-0.4, -0.2) is 38.0 Å². The highest BCUT2D eigenvalue weighted by atomic mass is 16.5. The molecule has 0 spiro atoms. The van der Waals surface area contributed by atoms with Crippen LogP contribution in [0.3, 0.4) is 0 Å². The maximum atomic E-state index is 13.0. The molecule has 5 aromatic rings. The number of benzene rings is 4. The van der Waals surface area contributed by atoms with E-state index >= 15 is 0 Å². The van der Waals surface area contributed by atoms with Gasteiger partial charge in [0.25, 0.3) is 0 Å². The third kappa shape index (κ3) is 5.79. The topological polar surface area (TPSA) is 74.1 Å². The average molecular weight is 548 g/mol. The lowest BCUT2D eigenvalue weighted by Gasteiger charge is -2.13. The van der Waals surface area contributed by atoms with E-state index in [9.17, 15) is 4.79 Å². The number of amides is 1. The van der Waals surface area contributed by atoms with Crippen molar-refractivity contribution in [1.29, 1.82) is 0 Å². The number of nitrogens with zero attached hydrogens (tertiary/aromatic N) is 2. The quantitative estimate of drug-likeness (QED) is 0.153. The van der Waals surface area contributed by atoms with Crippen LogP contribution in [0.5, 0.6) is 17.2 Å². The van der Waals surface area contributed by atoms with Gasteiger partial charge >= 0.3 is 0 Å². The van der Waals surface area contributed by atoms with Gasteiger partial charge in [0.05, 0.1) is 33.2 Å². The molecule has 0 fully saturated rings. The van der Waals surface area contributed by atoms with Crippen LogP contribution >= 0.6 is 0 Å². The number of hydrogen-bond acceptors (Lipinski definition) is 5. The summed E-state index contributed by atoms with van der Waals surface area (Å²) in [5.74, 6) is 1.44. The van der Waals surface area contributed by atoms with Crippen molar-refractivity contribution in [1.82, 2.24) is 9.99 Å². The van der Waals surface area contributed by atoms with Crippen LogP contribution < -0.4 is 19.6 Å². The van der Waals surface area contributed by atoms with Gasteiger partial charge in [0.1, 0.15) is 5.75 Å². The Labute approximate surface area is 240 Å². The van der Waals surface area contributed by atoms with Crippen molar-refractivity contribution in [3.8, 4) is 39.6 Å². The van der Waals surface area contributed by atoms with Crippen LogP contribution in [0.4, 0.5) is 0 Å². The SMILES string of the molecule is COc1cc(OC)c(OC)cc1/C=N\NC(=O)CCn1c(-c2ccccc2)c(-c2ccccc2)c2cc(C)ccc21. The fraction of sp³-hybridized carbons (Fsp3) is 0.176. The highest BCUT2D eigenvalue weighted by Crippen LogP contribution is 2.41. The highest BCUT2D eigenvalue weighted by molar-refractivity contribution is 6.05. The van der Waals surface area contributed by atoms with E-state index in [-0.39, 0.29) is 12.3 Å². The first-order valence-corrected chi connectivity index (χ1v) is 13.4. The minimum Gasteiger partial charge on any atom is -0.496 e. The van der Waals surface area contributed by atoms with Crippen molar-refractivity contribution in [2.45, 2.75) is 19.9 Å². The molecule has 0 aliphatic rings. The van der Waals surface area contributed by atoms with E-state index in [2.05, 4.69) is 76.6 Å². The number of aryl methyl sites for hydroxylation is 2. The van der Waals surface area contributed by atoms with Crippen molar-refractivity contribution >= 4 is 23.0 Å². The second-order valence-electron chi connectivity index (χ2n) is 9.62. The monoisotopic (exact) mass is 547 g/mol. The van der Waals surface area contributed by atoms with Crippen LogP contribution in [0.2, 0.25) is 0 Å². The van der Waals surface area contributed by atoms with Gasteiger partial charge < -0.3 is 18.8 Å². The fourth-order valence-electron chi connectivity index (χ4n) is 5.09. The summed E-state index contributed by atoms with van der Waals surface area (Å²) >= 11 is 0. The van der Waals surface area contributed by atoms with Crippen molar-refractivity contribution in [3.05, 3.63) is 102 Å². The van der Waals surface area contributed by atoms with Crippen molar-refractivity contribution < 1.29 is 19.0 Å². The third-order valence-corrected chi connectivity index (χ3v) is 7.02. The number of aromatic nitrogens is 1. The van der Waals surface area contributed by atoms with Gasteiger partial charge in [-0.05, 0) is 36.2 Å². The van der Waals surface area contributed by atoms with Gasteiger partial charge in [-0.3, -0.25) is 4.79 Å². The predicted octanol–water partition coefficient (Wildman–Crippen LogP) is 6.85. The second kappa shape index (κ2) is 12.4. The molecule has 0 saturated carbocycles. The molecule has 4 aromatic carbocycles. The van der Waals surface area contributed by atoms with Crippen molar-refractivity contribution in [2.75, 3.05) is 21.3 Å². The Morgan fingerprint density at radius 1 is 0.805 bits per heavy atom. The van der Waals surface area contributed by atoms with Gasteiger partial charge in [0.2, 0.25) is 5.91 Å². The fourth-order valence-corrected chi connectivity index (χ4v) is 5.09. The first-order valence-electron chi connectivity index (χ1n) is 13.4. The smallest absolute Gasteiger partial charge is 0.241 e. The first kappa shape index (κ1) is 27.5. The molecule has 0 radical (unpaired) electrons. The Morgan fingerprint density at radius 2 is 1.44 bits per heavy atom. The number of ether oxygens (including phenoxy) is 3. The summed E-state index contributed by atoms with van der Waals surface area (Å²) in [6.07, 6.45) is 1.78. The van der Waals surface area contributed by atoms with E-state index in [0.717, 1.165) is 33.3 Å². The Balaban J connectivity index is 1.45. The van der Waals surface area contributed by atoms with Gasteiger partial charge in [-0.1, -0.05) is 72.3 Å². The number of fused-ring (bicyclic) bond motifs is 1. The Hall–Kier alpha value is -5.04. The molecule has 7 nitrogen and oxygen atoms in total. The molecule has 0 saturated heterocycles. The molecule has 208 valence electrons. The lowest BCUT2D eigenvalue weighted by molar-refractivity contribution is -0.121. The van der Waals surface area contributed by atoms with Crippen LogP contribution in [0.25, 0.3) is 33.3 Å². The zero-order chi connectivity index (χ0) is 28.8. The van der Waals surface area contributed by atoms with Crippen LogP contribution in [0.1, 0.15) is 17.5 Å². The van der Waals surface area contributed by atoms with E-state index in [1.807, 2.05) is 24.3 Å². The molecule has 41 heavy (non-hydrogen) atoms. The Bertz CT molecular complexity index is 1690. The van der Waals surface area contributed by atoms with Crippen LogP contribution in [-0.2, 0) is 11.3 Å². The molecule has 1 heterocycles. The Kier molecular flexibility index (Phi) is 8.34. The number of rotatable bonds is 10. The molecule has 0 unspecified atom stereocenters. The van der Waals surface area contributed by atoms with E-state index in [4.69, 9.17) is 14.2 Å². The summed E-state index contributed by atoms with van der Waals surface area (Å²) in [7, 11) is 4.69. The number of nitrogens with one attached hydrogen (secondary N) is 1. The molecule has 7 heteroatoms. The molecular weight excluding hydrogens is 514 g/mol. The summed E-state index contributed by atoms with van der Waals surface area (Å²) in [4.78, 5) is 13.0. The van der Waals surface area contributed by atoms with Crippen molar-refractivity contribution in [2.24, 2.45) is 5.10 Å². The largest absolute Gasteiger partial charge is 0.496 e. The molecule has 0 aliphatic heterocycles. The molecule has 0 bridgehead atoms. The van der Waals surface area contributed by atoms with Gasteiger partial charge in [0.15, 0.2) is 11.5 Å². The number of methoxy groups -OCH3 is 3. The average Bonchev–Trinajstić information content (AvgIpc) is 3.33. The third-order valence-electron chi connectivity index (χ3n) is 7.02. The molecule has 0 aliphatic carbocycles. The lowest BCUT2D eigenvalue weighted by atomic mass is 9.98. The molecule has 0 atom stereocenters. The van der Waals surface area contributed by atoms with Gasteiger partial charge in [-0.2, -0.15) is 5.10 Å². The zero-order valence-electron chi connectivity index (χ0n) is 23.7. The molecule has 1 aromatic heterocycles. The maximum Gasteiger partial charge on any atom is 0.241 e. The summed E-state index contributed by atoms with van der Waals surface area (Å²) in [6.45, 7) is 2.59. The number of carbonyl (C=O) groups is 1. The number of hydrazone groups is 1. The number of hydrogen-bond donors (Lipinski definition) is 1. The molecule has 5 rings (SSSR count). The van der Waals surface area contributed by atoms with E-state index in [0.29, 0.717) is 29.4 Å². The minimum absolute atomic E-state index is 0.199. The van der Waals surface area contributed by atoms with Crippen LogP contribution in [0, 0.1) is 6.92 Å². The second-order valence-corrected chi connectivity index (χ2v) is 9.62. The van der Waals surface area contributed by atoms with Gasteiger partial charge in [-0.25, -0.2) is 5.43 Å². The minimum atomic E-state index is -0.199. The summed E-state index contributed by atoms with van der Waals surface area (Å²) in [5.41, 5.74) is 10.1. The standard InChI is InChI=1S/C34H33N3O4/c1-23-15-16-28-27(19-23)33(24-11-7-5-8-12-24)34(25-13-9-6-10-14-25)37(28)18-17-32(38)36-35-22-26-20-30(40-3)31(41-4)21-29(26)39-2/h5-16,19-22H,17-18H2,1-4H3,(H,36,38)/b35-22-. The molecule has 1 N–H and O–H groups in total. The lowest BCUT2D eigenvalue weighted by Crippen LogP contribution is -2.19. The number of carbonyl (C=O) groups excluding carboxylic acids is 1. The predicted molar refractivity (Wildman–Crippen MR) is 164 cm³/mol. The van der Waals surface area contributed by atoms with E-state index in [1.54, 1.807) is 33.5 Å². The van der Waals surface area contributed by atoms with Gasteiger partial charge in [0, 0.05) is 41.1 Å². The molecule has 1 amide bonds. The summed E-state index contributed by atoms with van der Waals surface area (Å²) < 4.78 is 18.4. The van der Waals surface area contributed by atoms with E-state index in [1.165, 1.54) is 11.8 Å². The molecular formula is C34H33N3O4. The first-order chi connectivity index (χ1) is 20.0. The normalized spacial score (nSPS) is 11.1. The summed E-state index contributed by atoms with van der Waals surface area (Å²) in [6, 6.07) is 30.7. The summed E-state index contributed by atoms with van der Waals surface area (Å²) in [5, 5.41) is 5.35. The van der Waals surface area contributed by atoms with Gasteiger partial charge in [-0.15, -0.1) is 0 Å². The highest BCUT2D eigenvalue weighted by Gasteiger charge is 2.20.